The van der Waals surface area contributed by atoms with E-state index in [1.807, 2.05) is 26.1 Å². The molecule has 0 spiro atoms. The predicted molar refractivity (Wildman–Crippen MR) is 72.7 cm³/mol. The summed E-state index contributed by atoms with van der Waals surface area (Å²) in [5, 5.41) is 8.83. The Balaban J connectivity index is 2.01. The number of halogens is 2. The minimum atomic E-state index is 0.110. The van der Waals surface area contributed by atoms with Crippen LogP contribution in [0, 0.1) is 0 Å². The van der Waals surface area contributed by atoms with Gasteiger partial charge in [-0.05, 0) is 24.6 Å². The standard InChI is InChI=1S/C12H14Cl2N4/c1-8(10-4-3-9(13)5-11(10)14)15-6-12-16-7-18(2)17-12/h3-5,7-8,15H,6H2,1-2H3. The molecule has 1 atom stereocenters. The van der Waals surface area contributed by atoms with E-state index >= 15 is 0 Å². The Labute approximate surface area is 116 Å². The molecule has 1 N–H and O–H groups in total. The van der Waals surface area contributed by atoms with Crippen molar-refractivity contribution in [3.05, 3.63) is 46.0 Å². The topological polar surface area (TPSA) is 42.7 Å². The first kappa shape index (κ1) is 13.3. The minimum Gasteiger partial charge on any atom is -0.303 e. The summed E-state index contributed by atoms with van der Waals surface area (Å²) in [7, 11) is 1.84. The second-order valence-corrected chi connectivity index (χ2v) is 4.95. The Kier molecular flexibility index (Phi) is 4.22. The van der Waals surface area contributed by atoms with Gasteiger partial charge in [-0.3, -0.25) is 4.68 Å². The molecule has 1 heterocycles. The highest BCUT2D eigenvalue weighted by Gasteiger charge is 2.10. The third-order valence-corrected chi connectivity index (χ3v) is 3.20. The molecule has 0 aliphatic rings. The van der Waals surface area contributed by atoms with Crippen LogP contribution in [-0.2, 0) is 13.6 Å². The second kappa shape index (κ2) is 5.69. The van der Waals surface area contributed by atoms with Crippen LogP contribution in [0.1, 0.15) is 24.4 Å². The maximum absolute atomic E-state index is 6.15. The summed E-state index contributed by atoms with van der Waals surface area (Å²) in [5.74, 6) is 0.759. The van der Waals surface area contributed by atoms with E-state index in [-0.39, 0.29) is 6.04 Å². The van der Waals surface area contributed by atoms with Crippen molar-refractivity contribution >= 4 is 23.2 Å². The molecule has 1 aromatic heterocycles. The van der Waals surface area contributed by atoms with Crippen molar-refractivity contribution < 1.29 is 0 Å². The first-order chi connectivity index (χ1) is 8.56. The highest BCUT2D eigenvalue weighted by Crippen LogP contribution is 2.26. The zero-order valence-electron chi connectivity index (χ0n) is 10.2. The van der Waals surface area contributed by atoms with Gasteiger partial charge in [0, 0.05) is 23.1 Å². The molecule has 0 saturated heterocycles. The molecule has 0 radical (unpaired) electrons. The number of nitrogens with one attached hydrogen (secondary N) is 1. The number of aromatic nitrogens is 3. The van der Waals surface area contributed by atoms with Gasteiger partial charge in [0.05, 0.1) is 6.54 Å². The van der Waals surface area contributed by atoms with Crippen molar-refractivity contribution in [3.8, 4) is 0 Å². The number of nitrogens with zero attached hydrogens (tertiary/aromatic N) is 3. The Bertz CT molecular complexity index is 539. The molecule has 4 nitrogen and oxygen atoms in total. The van der Waals surface area contributed by atoms with Crippen molar-refractivity contribution in [2.45, 2.75) is 19.5 Å². The van der Waals surface area contributed by atoms with Gasteiger partial charge in [0.2, 0.25) is 0 Å². The summed E-state index contributed by atoms with van der Waals surface area (Å²) in [5.41, 5.74) is 1.01. The Morgan fingerprint density at radius 1 is 1.39 bits per heavy atom. The normalized spacial score (nSPS) is 12.7. The molecule has 2 rings (SSSR count). The van der Waals surface area contributed by atoms with Crippen molar-refractivity contribution in [2.24, 2.45) is 7.05 Å². The molecular weight excluding hydrogens is 271 g/mol. The predicted octanol–water partition coefficient (Wildman–Crippen LogP) is 2.97. The number of benzene rings is 1. The van der Waals surface area contributed by atoms with Crippen LogP contribution in [0.2, 0.25) is 10.0 Å². The van der Waals surface area contributed by atoms with Crippen molar-refractivity contribution in [2.75, 3.05) is 0 Å². The van der Waals surface area contributed by atoms with Crippen LogP contribution in [0.15, 0.2) is 24.5 Å². The third-order valence-electron chi connectivity index (χ3n) is 2.64. The van der Waals surface area contributed by atoms with E-state index in [0.29, 0.717) is 16.6 Å². The summed E-state index contributed by atoms with van der Waals surface area (Å²) < 4.78 is 1.68. The molecule has 6 heteroatoms. The molecule has 0 fully saturated rings. The van der Waals surface area contributed by atoms with Gasteiger partial charge in [-0.2, -0.15) is 5.10 Å². The highest BCUT2D eigenvalue weighted by molar-refractivity contribution is 6.35. The zero-order chi connectivity index (χ0) is 13.1. The fraction of sp³-hybridized carbons (Fsp3) is 0.333. The van der Waals surface area contributed by atoms with E-state index in [0.717, 1.165) is 11.4 Å². The summed E-state index contributed by atoms with van der Waals surface area (Å²) >= 11 is 12.0. The largest absolute Gasteiger partial charge is 0.303 e. The van der Waals surface area contributed by atoms with Gasteiger partial charge in [-0.25, -0.2) is 4.98 Å². The van der Waals surface area contributed by atoms with Gasteiger partial charge >= 0.3 is 0 Å². The van der Waals surface area contributed by atoms with Gasteiger partial charge in [0.25, 0.3) is 0 Å². The summed E-state index contributed by atoms with van der Waals surface area (Å²) in [6.07, 6.45) is 1.68. The summed E-state index contributed by atoms with van der Waals surface area (Å²) in [6, 6.07) is 5.61. The lowest BCUT2D eigenvalue weighted by molar-refractivity contribution is 0.556. The Morgan fingerprint density at radius 3 is 2.78 bits per heavy atom. The molecule has 0 amide bonds. The van der Waals surface area contributed by atoms with Crippen molar-refractivity contribution in [1.82, 2.24) is 20.1 Å². The van der Waals surface area contributed by atoms with E-state index in [2.05, 4.69) is 15.4 Å². The minimum absolute atomic E-state index is 0.110. The Hall–Kier alpha value is -1.10. The van der Waals surface area contributed by atoms with Crippen LogP contribution in [0.25, 0.3) is 0 Å². The lowest BCUT2D eigenvalue weighted by Gasteiger charge is -2.14. The van der Waals surface area contributed by atoms with Gasteiger partial charge < -0.3 is 5.32 Å². The highest BCUT2D eigenvalue weighted by atomic mass is 35.5. The van der Waals surface area contributed by atoms with E-state index < -0.39 is 0 Å². The van der Waals surface area contributed by atoms with Crippen LogP contribution < -0.4 is 5.32 Å². The van der Waals surface area contributed by atoms with Crippen molar-refractivity contribution in [1.29, 1.82) is 0 Å². The smallest absolute Gasteiger partial charge is 0.164 e. The SMILES string of the molecule is CC(NCc1ncn(C)n1)c1ccc(Cl)cc1Cl. The van der Waals surface area contributed by atoms with Gasteiger partial charge in [-0.15, -0.1) is 0 Å². The first-order valence-electron chi connectivity index (χ1n) is 5.59. The van der Waals surface area contributed by atoms with Gasteiger partial charge in [0.15, 0.2) is 5.82 Å². The second-order valence-electron chi connectivity index (χ2n) is 4.10. The molecule has 0 bridgehead atoms. The number of rotatable bonds is 4. The summed E-state index contributed by atoms with van der Waals surface area (Å²) in [6.45, 7) is 2.64. The molecule has 18 heavy (non-hydrogen) atoms. The third kappa shape index (κ3) is 3.22. The van der Waals surface area contributed by atoms with Crippen LogP contribution in [0.5, 0.6) is 0 Å². The van der Waals surface area contributed by atoms with Crippen LogP contribution in [0.3, 0.4) is 0 Å². The monoisotopic (exact) mass is 284 g/mol. The van der Waals surface area contributed by atoms with Crippen molar-refractivity contribution in [3.63, 3.8) is 0 Å². The molecule has 2 aromatic rings. The molecular formula is C12H14Cl2N4. The van der Waals surface area contributed by atoms with E-state index in [4.69, 9.17) is 23.2 Å². The molecule has 96 valence electrons. The van der Waals surface area contributed by atoms with E-state index in [1.54, 1.807) is 17.1 Å². The average Bonchev–Trinajstić information content (AvgIpc) is 2.72. The zero-order valence-corrected chi connectivity index (χ0v) is 11.7. The van der Waals surface area contributed by atoms with Crippen LogP contribution in [0.4, 0.5) is 0 Å². The summed E-state index contributed by atoms with van der Waals surface area (Å²) in [4.78, 5) is 4.15. The van der Waals surface area contributed by atoms with Crippen LogP contribution in [-0.4, -0.2) is 14.8 Å². The molecule has 0 saturated carbocycles. The molecule has 0 aliphatic heterocycles. The van der Waals surface area contributed by atoms with Gasteiger partial charge in [-0.1, -0.05) is 29.3 Å². The number of aryl methyl sites for hydroxylation is 1. The Morgan fingerprint density at radius 2 is 2.17 bits per heavy atom. The van der Waals surface area contributed by atoms with E-state index in [1.165, 1.54) is 0 Å². The lowest BCUT2D eigenvalue weighted by Crippen LogP contribution is -2.19. The maximum Gasteiger partial charge on any atom is 0.164 e. The fourth-order valence-corrected chi connectivity index (χ4v) is 2.24. The molecule has 1 unspecified atom stereocenters. The quantitative estimate of drug-likeness (QED) is 0.939. The molecule has 0 aliphatic carbocycles. The average molecular weight is 285 g/mol. The molecule has 1 aromatic carbocycles. The lowest BCUT2D eigenvalue weighted by atomic mass is 10.1. The number of hydrogen-bond acceptors (Lipinski definition) is 3. The van der Waals surface area contributed by atoms with Gasteiger partial charge in [0.1, 0.15) is 6.33 Å². The van der Waals surface area contributed by atoms with E-state index in [9.17, 15) is 0 Å². The number of hydrogen-bond donors (Lipinski definition) is 1. The fourth-order valence-electron chi connectivity index (χ4n) is 1.67. The maximum atomic E-state index is 6.15. The first-order valence-corrected chi connectivity index (χ1v) is 6.34. The van der Waals surface area contributed by atoms with Crippen LogP contribution >= 0.6 is 23.2 Å².